The Morgan fingerprint density at radius 2 is 1.48 bits per heavy atom. The van der Waals surface area contributed by atoms with Crippen molar-refractivity contribution in [2.75, 3.05) is 0 Å². The van der Waals surface area contributed by atoms with Gasteiger partial charge >= 0.3 is 11.9 Å². The van der Waals surface area contributed by atoms with Gasteiger partial charge in [0.2, 0.25) is 0 Å². The van der Waals surface area contributed by atoms with Crippen LogP contribution in [-0.4, -0.2) is 35.1 Å². The highest BCUT2D eigenvalue weighted by molar-refractivity contribution is 7.85. The van der Waals surface area contributed by atoms with E-state index in [0.717, 1.165) is 12.5 Å². The van der Waals surface area contributed by atoms with Gasteiger partial charge in [0.15, 0.2) is 0 Å². The van der Waals surface area contributed by atoms with Gasteiger partial charge in [-0.3, -0.25) is 4.55 Å². The van der Waals surface area contributed by atoms with Gasteiger partial charge in [-0.25, -0.2) is 9.59 Å². The monoisotopic (exact) mass is 342 g/mol. The number of carboxylic acids is 2. The highest BCUT2D eigenvalue weighted by Gasteiger charge is 2.17. The molecule has 0 fully saturated rings. The first-order chi connectivity index (χ1) is 10.6. The first kappa shape index (κ1) is 20.6. The largest absolute Gasteiger partial charge is 0.478 e. The van der Waals surface area contributed by atoms with E-state index >= 15 is 0 Å². The average molecular weight is 342 g/mol. The Balaban J connectivity index is 0.000000585. The van der Waals surface area contributed by atoms with E-state index in [9.17, 15) is 18.0 Å². The molecule has 0 atom stereocenters. The van der Waals surface area contributed by atoms with Gasteiger partial charge in [0, 0.05) is 0 Å². The van der Waals surface area contributed by atoms with Crippen LogP contribution in [0.4, 0.5) is 0 Å². The van der Waals surface area contributed by atoms with Crippen molar-refractivity contribution in [1.82, 2.24) is 0 Å². The first-order valence-electron chi connectivity index (χ1n) is 6.41. The summed E-state index contributed by atoms with van der Waals surface area (Å²) in [5, 5.41) is 17.2. The van der Waals surface area contributed by atoms with Crippen molar-refractivity contribution < 1.29 is 32.8 Å². The van der Waals surface area contributed by atoms with Crippen molar-refractivity contribution in [2.45, 2.75) is 18.2 Å². The van der Waals surface area contributed by atoms with Crippen molar-refractivity contribution in [2.24, 2.45) is 5.92 Å². The predicted molar refractivity (Wildman–Crippen MR) is 84.4 cm³/mol. The lowest BCUT2D eigenvalue weighted by molar-refractivity contribution is 0.0696. The number of hydrogen-bond acceptors (Lipinski definition) is 4. The van der Waals surface area contributed by atoms with Crippen molar-refractivity contribution in [3.05, 3.63) is 54.6 Å². The Bertz CT molecular complexity index is 664. The highest BCUT2D eigenvalue weighted by atomic mass is 32.2. The van der Waals surface area contributed by atoms with E-state index in [4.69, 9.17) is 14.8 Å². The number of carbonyl (C=O) groups is 2. The van der Waals surface area contributed by atoms with Crippen LogP contribution in [0.25, 0.3) is 0 Å². The summed E-state index contributed by atoms with van der Waals surface area (Å²) in [6.07, 6.45) is 4.94. The van der Waals surface area contributed by atoms with E-state index < -0.39 is 38.1 Å². The Morgan fingerprint density at radius 1 is 1.09 bits per heavy atom. The lowest BCUT2D eigenvalue weighted by Gasteiger charge is -2.02. The van der Waals surface area contributed by atoms with Crippen LogP contribution in [0.15, 0.2) is 48.4 Å². The van der Waals surface area contributed by atoms with Gasteiger partial charge in [-0.05, 0) is 30.5 Å². The molecule has 0 aliphatic carbocycles. The van der Waals surface area contributed by atoms with Crippen molar-refractivity contribution >= 4 is 22.1 Å². The number of aromatic carboxylic acids is 2. The first-order valence-corrected chi connectivity index (χ1v) is 7.85. The number of benzene rings is 1. The molecule has 0 saturated carbocycles. The van der Waals surface area contributed by atoms with Crippen LogP contribution >= 0.6 is 0 Å². The smallest absolute Gasteiger partial charge is 0.335 e. The van der Waals surface area contributed by atoms with E-state index in [1.54, 1.807) is 0 Å². The molecule has 0 amide bonds. The summed E-state index contributed by atoms with van der Waals surface area (Å²) in [7, 11) is -4.64. The normalized spacial score (nSPS) is 10.4. The van der Waals surface area contributed by atoms with Crippen LogP contribution in [0.2, 0.25) is 0 Å². The lowest BCUT2D eigenvalue weighted by Crippen LogP contribution is -2.07. The van der Waals surface area contributed by atoms with Crippen molar-refractivity contribution in [3.8, 4) is 0 Å². The molecule has 0 radical (unpaired) electrons. The summed E-state index contributed by atoms with van der Waals surface area (Å²) in [6, 6.07) is 2.13. The molecule has 3 N–H and O–H groups in total. The molecule has 1 aromatic rings. The summed E-state index contributed by atoms with van der Waals surface area (Å²) in [5.41, 5.74) is -1.07. The quantitative estimate of drug-likeness (QED) is 0.535. The van der Waals surface area contributed by atoms with Crippen LogP contribution < -0.4 is 0 Å². The Hall–Kier alpha value is -2.45. The van der Waals surface area contributed by atoms with Crippen LogP contribution in [-0.2, 0) is 10.1 Å². The van der Waals surface area contributed by atoms with Crippen LogP contribution in [0, 0.1) is 5.92 Å². The van der Waals surface area contributed by atoms with Gasteiger partial charge in [0.1, 0.15) is 0 Å². The molecule has 8 heteroatoms. The van der Waals surface area contributed by atoms with E-state index in [1.165, 1.54) is 0 Å². The number of allylic oxidation sites excluding steroid dienone is 2. The van der Waals surface area contributed by atoms with Crippen LogP contribution in [0.3, 0.4) is 0 Å². The minimum absolute atomic E-state index is 0.514. The second-order valence-corrected chi connectivity index (χ2v) is 5.80. The molecular weight excluding hydrogens is 324 g/mol. The SMILES string of the molecule is C=CC(C=C)CC.O=C(O)c1cc(C(=O)O)cc(S(=O)(=O)O)c1. The van der Waals surface area contributed by atoms with Crippen molar-refractivity contribution in [3.63, 3.8) is 0 Å². The highest BCUT2D eigenvalue weighted by Crippen LogP contribution is 2.15. The molecule has 0 aliphatic rings. The molecule has 1 aromatic carbocycles. The zero-order valence-electron chi connectivity index (χ0n) is 12.5. The summed E-state index contributed by atoms with van der Waals surface area (Å²) in [5.74, 6) is -2.47. The lowest BCUT2D eigenvalue weighted by atomic mass is 10.1. The molecule has 126 valence electrons. The molecule has 7 nitrogen and oxygen atoms in total. The molecule has 0 saturated heterocycles. The summed E-state index contributed by atoms with van der Waals surface area (Å²) >= 11 is 0. The molecule has 23 heavy (non-hydrogen) atoms. The van der Waals surface area contributed by atoms with Gasteiger partial charge in [-0.15, -0.1) is 13.2 Å². The maximum atomic E-state index is 10.8. The van der Waals surface area contributed by atoms with E-state index in [2.05, 4.69) is 20.1 Å². The maximum Gasteiger partial charge on any atom is 0.335 e. The molecule has 0 aliphatic heterocycles. The topological polar surface area (TPSA) is 129 Å². The summed E-state index contributed by atoms with van der Waals surface area (Å²) in [6.45, 7) is 9.38. The molecule has 0 bridgehead atoms. The fourth-order valence-electron chi connectivity index (χ4n) is 1.42. The number of carboxylic acid groups (broad SMARTS) is 2. The molecule has 0 spiro atoms. The van der Waals surface area contributed by atoms with Crippen molar-refractivity contribution in [1.29, 1.82) is 0 Å². The standard InChI is InChI=1S/C8H6O7S.C7H12/c9-7(10)4-1-5(8(11)12)3-6(2-4)16(13,14)15;1-4-7(5-2)6-3/h1-3H,(H,9,10)(H,11,12)(H,13,14,15);4-5,7H,1-2,6H2,3H3. The zero-order valence-corrected chi connectivity index (χ0v) is 13.3. The third-order valence-corrected chi connectivity index (χ3v) is 3.61. The third kappa shape index (κ3) is 6.90. The number of rotatable bonds is 6. The molecule has 0 aromatic heterocycles. The van der Waals surface area contributed by atoms with Gasteiger partial charge in [-0.1, -0.05) is 19.1 Å². The summed E-state index contributed by atoms with van der Waals surface area (Å²) in [4.78, 5) is 20.4. The second-order valence-electron chi connectivity index (χ2n) is 4.37. The Morgan fingerprint density at radius 3 is 1.65 bits per heavy atom. The van der Waals surface area contributed by atoms with Gasteiger partial charge < -0.3 is 10.2 Å². The molecular formula is C15H18O7S. The van der Waals surface area contributed by atoms with Crippen LogP contribution in [0.5, 0.6) is 0 Å². The minimum atomic E-state index is -4.64. The Labute approximate surface area is 134 Å². The average Bonchev–Trinajstić information content (AvgIpc) is 2.48. The summed E-state index contributed by atoms with van der Waals surface area (Å²) < 4.78 is 30.2. The fourth-order valence-corrected chi connectivity index (χ4v) is 1.98. The Kier molecular flexibility index (Phi) is 7.92. The predicted octanol–water partition coefficient (Wildman–Crippen LogP) is 2.71. The van der Waals surface area contributed by atoms with Gasteiger partial charge in [0.05, 0.1) is 16.0 Å². The fraction of sp³-hybridized carbons (Fsp3) is 0.200. The van der Waals surface area contributed by atoms with Gasteiger partial charge in [0.25, 0.3) is 10.1 Å². The van der Waals surface area contributed by atoms with Crippen LogP contribution in [0.1, 0.15) is 34.1 Å². The maximum absolute atomic E-state index is 10.8. The molecule has 0 unspecified atom stereocenters. The second kappa shape index (κ2) is 8.86. The van der Waals surface area contributed by atoms with E-state index in [1.807, 2.05) is 12.2 Å². The molecule has 1 rings (SSSR count). The molecule has 0 heterocycles. The third-order valence-electron chi connectivity index (χ3n) is 2.78. The van der Waals surface area contributed by atoms with E-state index in [-0.39, 0.29) is 0 Å². The zero-order chi connectivity index (χ0) is 18.2. The van der Waals surface area contributed by atoms with Gasteiger partial charge in [-0.2, -0.15) is 8.42 Å². The minimum Gasteiger partial charge on any atom is -0.478 e. The number of hydrogen-bond donors (Lipinski definition) is 3. The van der Waals surface area contributed by atoms with E-state index in [0.29, 0.717) is 18.1 Å².